The van der Waals surface area contributed by atoms with Crippen LogP contribution in [0.1, 0.15) is 41.6 Å². The van der Waals surface area contributed by atoms with Gasteiger partial charge in [-0.3, -0.25) is 9.59 Å². The number of carbonyl (C=O) groups excluding carboxylic acids is 2. The van der Waals surface area contributed by atoms with Crippen molar-refractivity contribution < 1.29 is 22.7 Å². The molecule has 0 spiro atoms. The standard InChI is InChI=1S/C35H38ClN3O5S/c1-3-38-45(42,43)32-20-13-26(14-21-32)15-22-33(40)39(25-28-9-16-30(36)17-10-28)34(29-7-5-4-6-8-29)35(41)37-24-23-27-11-18-31(44-2)19-12-27/h4-14,16-21,34,38H,3,15,22-25H2,1-2H3,(H,37,41)/t34-/m1/s1. The summed E-state index contributed by atoms with van der Waals surface area (Å²) >= 11 is 6.13. The molecular weight excluding hydrogens is 610 g/mol. The molecule has 0 heterocycles. The highest BCUT2D eigenvalue weighted by molar-refractivity contribution is 7.89. The number of amides is 2. The number of hydrogen-bond acceptors (Lipinski definition) is 5. The molecule has 0 aliphatic rings. The predicted octanol–water partition coefficient (Wildman–Crippen LogP) is 5.71. The van der Waals surface area contributed by atoms with Crippen LogP contribution in [-0.4, -0.2) is 45.3 Å². The van der Waals surface area contributed by atoms with Crippen LogP contribution in [0.25, 0.3) is 0 Å². The van der Waals surface area contributed by atoms with Crippen LogP contribution in [-0.2, 0) is 39.0 Å². The maximum absolute atomic E-state index is 14.0. The first kappa shape index (κ1) is 33.7. The topological polar surface area (TPSA) is 105 Å². The zero-order valence-electron chi connectivity index (χ0n) is 25.4. The molecular formula is C35H38ClN3O5S. The number of nitrogens with zero attached hydrogens (tertiary/aromatic N) is 1. The normalized spacial score (nSPS) is 11.9. The fraction of sp³-hybridized carbons (Fsp3) is 0.257. The van der Waals surface area contributed by atoms with E-state index in [1.807, 2.05) is 66.7 Å². The minimum atomic E-state index is -3.57. The van der Waals surface area contributed by atoms with E-state index in [4.69, 9.17) is 16.3 Å². The van der Waals surface area contributed by atoms with Crippen molar-refractivity contribution in [2.24, 2.45) is 0 Å². The van der Waals surface area contributed by atoms with E-state index in [9.17, 15) is 18.0 Å². The first-order chi connectivity index (χ1) is 21.7. The Morgan fingerprint density at radius 1 is 0.822 bits per heavy atom. The SMILES string of the molecule is CCNS(=O)(=O)c1ccc(CCC(=O)N(Cc2ccc(Cl)cc2)[C@@H](C(=O)NCCc2ccc(OC)cc2)c2ccccc2)cc1. The average molecular weight is 648 g/mol. The molecule has 0 saturated carbocycles. The number of methoxy groups -OCH3 is 1. The molecule has 0 bridgehead atoms. The summed E-state index contributed by atoms with van der Waals surface area (Å²) < 4.78 is 32.4. The summed E-state index contributed by atoms with van der Waals surface area (Å²) in [4.78, 5) is 29.6. The zero-order chi connectivity index (χ0) is 32.2. The van der Waals surface area contributed by atoms with Crippen LogP contribution in [0.4, 0.5) is 0 Å². The number of sulfonamides is 1. The summed E-state index contributed by atoms with van der Waals surface area (Å²) in [5, 5.41) is 3.62. The van der Waals surface area contributed by atoms with Crippen molar-refractivity contribution >= 4 is 33.4 Å². The molecule has 45 heavy (non-hydrogen) atoms. The van der Waals surface area contributed by atoms with Crippen molar-refractivity contribution in [1.29, 1.82) is 0 Å². The Morgan fingerprint density at radius 3 is 2.04 bits per heavy atom. The Kier molecular flexibility index (Phi) is 12.2. The van der Waals surface area contributed by atoms with Gasteiger partial charge in [0.1, 0.15) is 11.8 Å². The molecule has 0 radical (unpaired) electrons. The van der Waals surface area contributed by atoms with E-state index in [1.54, 1.807) is 43.2 Å². The summed E-state index contributed by atoms with van der Waals surface area (Å²) in [6.45, 7) is 2.60. The smallest absolute Gasteiger partial charge is 0.247 e. The fourth-order valence-electron chi connectivity index (χ4n) is 4.94. The van der Waals surface area contributed by atoms with E-state index in [1.165, 1.54) is 12.1 Å². The summed E-state index contributed by atoms with van der Waals surface area (Å²) in [6, 6.07) is 29.7. The number of ether oxygens (including phenoxy) is 1. The third-order valence-corrected chi connectivity index (χ3v) is 9.14. The monoisotopic (exact) mass is 647 g/mol. The van der Waals surface area contributed by atoms with Crippen molar-refractivity contribution in [2.75, 3.05) is 20.2 Å². The molecule has 0 unspecified atom stereocenters. The molecule has 236 valence electrons. The lowest BCUT2D eigenvalue weighted by atomic mass is 10.0. The fourth-order valence-corrected chi connectivity index (χ4v) is 6.11. The van der Waals surface area contributed by atoms with Crippen molar-refractivity contribution in [3.8, 4) is 5.75 Å². The lowest BCUT2D eigenvalue weighted by Gasteiger charge is -2.32. The molecule has 0 aliphatic heterocycles. The molecule has 0 fully saturated rings. The van der Waals surface area contributed by atoms with Gasteiger partial charge in [-0.15, -0.1) is 0 Å². The van der Waals surface area contributed by atoms with Crippen molar-refractivity contribution in [3.05, 3.63) is 130 Å². The van der Waals surface area contributed by atoms with Crippen LogP contribution in [0.15, 0.2) is 108 Å². The first-order valence-corrected chi connectivity index (χ1v) is 16.6. The number of hydrogen-bond donors (Lipinski definition) is 2. The van der Waals surface area contributed by atoms with Gasteiger partial charge in [0.15, 0.2) is 0 Å². The Hall–Kier alpha value is -4.18. The largest absolute Gasteiger partial charge is 0.497 e. The van der Waals surface area contributed by atoms with Gasteiger partial charge in [0.25, 0.3) is 0 Å². The number of carbonyl (C=O) groups is 2. The second kappa shape index (κ2) is 16.2. The molecule has 0 aromatic heterocycles. The van der Waals surface area contributed by atoms with Gasteiger partial charge in [-0.1, -0.05) is 85.3 Å². The highest BCUT2D eigenvalue weighted by atomic mass is 35.5. The molecule has 2 N–H and O–H groups in total. The van der Waals surface area contributed by atoms with E-state index in [0.717, 1.165) is 22.4 Å². The van der Waals surface area contributed by atoms with E-state index in [-0.39, 0.29) is 29.7 Å². The van der Waals surface area contributed by atoms with Gasteiger partial charge in [-0.2, -0.15) is 0 Å². The molecule has 10 heteroatoms. The molecule has 2 amide bonds. The lowest BCUT2D eigenvalue weighted by molar-refractivity contribution is -0.141. The van der Waals surface area contributed by atoms with Gasteiger partial charge in [-0.25, -0.2) is 13.1 Å². The number of aryl methyl sites for hydroxylation is 1. The third kappa shape index (κ3) is 9.65. The molecule has 0 saturated heterocycles. The van der Waals surface area contributed by atoms with Crippen LogP contribution in [0.2, 0.25) is 5.02 Å². The van der Waals surface area contributed by atoms with Gasteiger partial charge in [0, 0.05) is 31.1 Å². The maximum atomic E-state index is 14.0. The number of benzene rings is 4. The van der Waals surface area contributed by atoms with E-state index >= 15 is 0 Å². The van der Waals surface area contributed by atoms with Crippen molar-refractivity contribution in [2.45, 2.75) is 43.7 Å². The summed E-state index contributed by atoms with van der Waals surface area (Å²) in [7, 11) is -1.96. The Balaban J connectivity index is 1.55. The Bertz CT molecular complexity index is 1650. The molecule has 0 aliphatic carbocycles. The van der Waals surface area contributed by atoms with Gasteiger partial charge in [0.05, 0.1) is 12.0 Å². The Morgan fingerprint density at radius 2 is 1.42 bits per heavy atom. The van der Waals surface area contributed by atoms with Crippen LogP contribution in [0.5, 0.6) is 5.75 Å². The molecule has 8 nitrogen and oxygen atoms in total. The number of halogens is 1. The van der Waals surface area contributed by atoms with Gasteiger partial charge < -0.3 is 15.0 Å². The highest BCUT2D eigenvalue weighted by Crippen LogP contribution is 2.26. The first-order valence-electron chi connectivity index (χ1n) is 14.8. The van der Waals surface area contributed by atoms with Gasteiger partial charge in [-0.05, 0) is 71.5 Å². The van der Waals surface area contributed by atoms with Crippen molar-refractivity contribution in [3.63, 3.8) is 0 Å². The Labute approximate surface area is 270 Å². The third-order valence-electron chi connectivity index (χ3n) is 7.33. The lowest BCUT2D eigenvalue weighted by Crippen LogP contribution is -2.44. The van der Waals surface area contributed by atoms with E-state index < -0.39 is 16.1 Å². The van der Waals surface area contributed by atoms with Crippen LogP contribution in [0.3, 0.4) is 0 Å². The molecule has 4 rings (SSSR count). The van der Waals surface area contributed by atoms with Crippen molar-refractivity contribution in [1.82, 2.24) is 14.9 Å². The summed E-state index contributed by atoms with van der Waals surface area (Å²) in [6.07, 6.45) is 1.11. The molecule has 1 atom stereocenters. The zero-order valence-corrected chi connectivity index (χ0v) is 27.0. The van der Waals surface area contributed by atoms with E-state index in [2.05, 4.69) is 10.0 Å². The molecule has 4 aromatic rings. The van der Waals surface area contributed by atoms with Crippen LogP contribution < -0.4 is 14.8 Å². The van der Waals surface area contributed by atoms with Crippen LogP contribution in [0, 0.1) is 0 Å². The van der Waals surface area contributed by atoms with Crippen LogP contribution >= 0.6 is 11.6 Å². The van der Waals surface area contributed by atoms with Gasteiger partial charge in [0.2, 0.25) is 21.8 Å². The maximum Gasteiger partial charge on any atom is 0.247 e. The average Bonchev–Trinajstić information content (AvgIpc) is 3.05. The summed E-state index contributed by atoms with van der Waals surface area (Å²) in [5.74, 6) is 0.265. The predicted molar refractivity (Wildman–Crippen MR) is 177 cm³/mol. The second-order valence-corrected chi connectivity index (χ2v) is 12.7. The molecule has 4 aromatic carbocycles. The highest BCUT2D eigenvalue weighted by Gasteiger charge is 2.31. The number of nitrogens with one attached hydrogen (secondary N) is 2. The minimum Gasteiger partial charge on any atom is -0.497 e. The summed E-state index contributed by atoms with van der Waals surface area (Å²) in [5.41, 5.74) is 3.38. The number of rotatable bonds is 15. The quantitative estimate of drug-likeness (QED) is 0.172. The van der Waals surface area contributed by atoms with Gasteiger partial charge >= 0.3 is 0 Å². The van der Waals surface area contributed by atoms with E-state index in [0.29, 0.717) is 36.5 Å². The second-order valence-electron chi connectivity index (χ2n) is 10.5. The minimum absolute atomic E-state index is 0.120.